The number of hydrogen-bond donors (Lipinski definition) is 4. The van der Waals surface area contributed by atoms with Gasteiger partial charge >= 0.3 is 19.4 Å². The Balaban J connectivity index is 1.69. The second-order valence-electron chi connectivity index (χ2n) is 10.0. The van der Waals surface area contributed by atoms with Gasteiger partial charge in [-0.15, -0.1) is 0 Å². The van der Waals surface area contributed by atoms with E-state index >= 15 is 0 Å². The molecule has 0 radical (unpaired) electrons. The first-order valence-corrected chi connectivity index (χ1v) is 14.4. The number of ether oxygens (including phenoxy) is 2. The zero-order chi connectivity index (χ0) is 31.7. The molecule has 1 aliphatic rings. The Hall–Kier alpha value is -3.53. The first kappa shape index (κ1) is 32.4. The highest BCUT2D eigenvalue weighted by Crippen LogP contribution is 2.50. The van der Waals surface area contributed by atoms with E-state index in [9.17, 15) is 42.3 Å². The van der Waals surface area contributed by atoms with Crippen molar-refractivity contribution in [2.45, 2.75) is 63.4 Å². The van der Waals surface area contributed by atoms with Crippen molar-refractivity contribution in [3.05, 3.63) is 75.3 Å². The summed E-state index contributed by atoms with van der Waals surface area (Å²) in [6, 6.07) is 10.1. The standard InChI is InChI=1S/C26H29F3N3O10P/c1-13(2)40-23(36)14(3)31-43(38,42-18-10-6-8-15-7-4-5-9-16(15)18)39-12-26(24(28)29)20(34)19(33)22(41-26)32-11-17(27)21(35)30-25(32)37/h4-11,13-14,19-20,22,24,33-34H,12H2,1-3H3,(H,31,38)(H,30,35,37)/t14-,19+,20-,22+,26+,43-/m0/s1. The molecule has 4 rings (SSSR count). The van der Waals surface area contributed by atoms with Crippen molar-refractivity contribution < 1.29 is 51.3 Å². The van der Waals surface area contributed by atoms with Crippen LogP contribution in [0.3, 0.4) is 0 Å². The molecule has 0 saturated carbocycles. The molecule has 1 fully saturated rings. The lowest BCUT2D eigenvalue weighted by atomic mass is 9.96. The van der Waals surface area contributed by atoms with Gasteiger partial charge in [0, 0.05) is 5.39 Å². The van der Waals surface area contributed by atoms with Gasteiger partial charge in [-0.25, -0.2) is 18.1 Å². The molecule has 1 aromatic heterocycles. The molecule has 0 bridgehead atoms. The van der Waals surface area contributed by atoms with Crippen LogP contribution in [0, 0.1) is 5.82 Å². The summed E-state index contributed by atoms with van der Waals surface area (Å²) in [5, 5.41) is 24.7. The van der Waals surface area contributed by atoms with Crippen molar-refractivity contribution in [3.8, 4) is 5.75 Å². The molecule has 0 unspecified atom stereocenters. The Kier molecular flexibility index (Phi) is 9.49. The molecule has 0 amide bonds. The summed E-state index contributed by atoms with van der Waals surface area (Å²) < 4.78 is 78.7. The van der Waals surface area contributed by atoms with E-state index in [1.165, 1.54) is 13.0 Å². The summed E-state index contributed by atoms with van der Waals surface area (Å²) in [5.41, 5.74) is -5.91. The van der Waals surface area contributed by atoms with Gasteiger partial charge in [0.1, 0.15) is 24.0 Å². The van der Waals surface area contributed by atoms with Gasteiger partial charge in [0.05, 0.1) is 18.9 Å². The molecule has 4 N–H and O–H groups in total. The van der Waals surface area contributed by atoms with Crippen LogP contribution in [0.4, 0.5) is 13.2 Å². The van der Waals surface area contributed by atoms with Crippen LogP contribution >= 0.6 is 7.75 Å². The van der Waals surface area contributed by atoms with Gasteiger partial charge in [0.2, 0.25) is 5.82 Å². The fourth-order valence-electron chi connectivity index (χ4n) is 4.35. The average Bonchev–Trinajstić information content (AvgIpc) is 3.20. The van der Waals surface area contributed by atoms with Crippen molar-refractivity contribution in [3.63, 3.8) is 0 Å². The zero-order valence-corrected chi connectivity index (χ0v) is 23.9. The van der Waals surface area contributed by atoms with Crippen molar-refractivity contribution in [2.24, 2.45) is 0 Å². The summed E-state index contributed by atoms with van der Waals surface area (Å²) in [7, 11) is -4.83. The van der Waals surface area contributed by atoms with Crippen molar-refractivity contribution >= 4 is 24.5 Å². The molecule has 17 heteroatoms. The maximum Gasteiger partial charge on any atom is 0.459 e. The number of aliphatic hydroxyl groups is 2. The molecule has 234 valence electrons. The SMILES string of the molecule is CC(C)OC(=O)[C@H](C)N[P@](=O)(OC[C@@]1(C(F)F)O[C@@H](n2cc(F)c(=O)[nH]c2=O)[C@H](O)[C@@H]1O)Oc1cccc2ccccc12. The van der Waals surface area contributed by atoms with E-state index < -0.39 is 80.0 Å². The molecule has 0 spiro atoms. The van der Waals surface area contributed by atoms with Crippen LogP contribution in [0.1, 0.15) is 27.0 Å². The van der Waals surface area contributed by atoms with E-state index in [0.29, 0.717) is 17.0 Å². The maximum atomic E-state index is 14.6. The number of fused-ring (bicyclic) bond motifs is 1. The zero-order valence-electron chi connectivity index (χ0n) is 23.0. The van der Waals surface area contributed by atoms with E-state index in [4.69, 9.17) is 18.5 Å². The van der Waals surface area contributed by atoms with E-state index in [-0.39, 0.29) is 10.3 Å². The number of alkyl halides is 2. The van der Waals surface area contributed by atoms with Gasteiger partial charge in [-0.1, -0.05) is 36.4 Å². The number of aliphatic hydroxyl groups excluding tert-OH is 2. The third-order valence-electron chi connectivity index (χ3n) is 6.51. The molecule has 2 aromatic carbocycles. The molecule has 2 heterocycles. The van der Waals surface area contributed by atoms with E-state index in [0.717, 1.165) is 0 Å². The van der Waals surface area contributed by atoms with Gasteiger partial charge in [-0.3, -0.25) is 23.7 Å². The molecule has 6 atom stereocenters. The Morgan fingerprint density at radius 3 is 2.51 bits per heavy atom. The van der Waals surface area contributed by atoms with Gasteiger partial charge < -0.3 is 24.2 Å². The molecular formula is C26H29F3N3O10P. The topological polar surface area (TPSA) is 178 Å². The van der Waals surface area contributed by atoms with Crippen LogP contribution in [-0.2, 0) is 23.4 Å². The lowest BCUT2D eigenvalue weighted by Gasteiger charge is -2.32. The normalized spacial score (nSPS) is 24.3. The molecular weight excluding hydrogens is 602 g/mol. The summed E-state index contributed by atoms with van der Waals surface area (Å²) in [6.45, 7) is 2.97. The van der Waals surface area contributed by atoms with E-state index in [1.54, 1.807) is 55.2 Å². The largest absolute Gasteiger partial charge is 0.462 e. The molecule has 13 nitrogen and oxygen atoms in total. The second-order valence-corrected chi connectivity index (χ2v) is 11.7. The quantitative estimate of drug-likeness (QED) is 0.180. The Labute approximate surface area is 241 Å². The van der Waals surface area contributed by atoms with E-state index in [1.807, 2.05) is 0 Å². The Bertz CT molecular complexity index is 1650. The number of benzene rings is 2. The van der Waals surface area contributed by atoms with Gasteiger partial charge in [0.25, 0.3) is 12.0 Å². The number of nitrogens with zero attached hydrogens (tertiary/aromatic N) is 1. The number of aromatic amines is 1. The minimum atomic E-state index is -4.83. The lowest BCUT2D eigenvalue weighted by molar-refractivity contribution is -0.193. The molecule has 0 aliphatic carbocycles. The smallest absolute Gasteiger partial charge is 0.459 e. The van der Waals surface area contributed by atoms with E-state index in [2.05, 4.69) is 5.09 Å². The lowest BCUT2D eigenvalue weighted by Crippen LogP contribution is -2.53. The minimum Gasteiger partial charge on any atom is -0.462 e. The number of esters is 1. The van der Waals surface area contributed by atoms with Crippen LogP contribution in [0.15, 0.2) is 58.3 Å². The van der Waals surface area contributed by atoms with Crippen LogP contribution in [0.2, 0.25) is 0 Å². The van der Waals surface area contributed by atoms with Crippen LogP contribution < -0.4 is 20.9 Å². The molecule has 1 saturated heterocycles. The molecule has 3 aromatic rings. The number of halogens is 3. The van der Waals surface area contributed by atoms with Crippen molar-refractivity contribution in [1.29, 1.82) is 0 Å². The first-order valence-electron chi connectivity index (χ1n) is 12.9. The fourth-order valence-corrected chi connectivity index (χ4v) is 5.90. The van der Waals surface area contributed by atoms with Crippen LogP contribution in [-0.4, -0.2) is 68.7 Å². The predicted molar refractivity (Wildman–Crippen MR) is 144 cm³/mol. The Morgan fingerprint density at radius 1 is 1.16 bits per heavy atom. The first-order chi connectivity index (χ1) is 20.2. The minimum absolute atomic E-state index is 0.0227. The summed E-state index contributed by atoms with van der Waals surface area (Å²) in [6.07, 6.45) is -10.8. The van der Waals surface area contributed by atoms with Crippen molar-refractivity contribution in [2.75, 3.05) is 6.61 Å². The van der Waals surface area contributed by atoms with Crippen LogP contribution in [0.5, 0.6) is 5.75 Å². The fraction of sp³-hybridized carbons (Fsp3) is 0.423. The van der Waals surface area contributed by atoms with Gasteiger partial charge in [-0.2, -0.15) is 9.48 Å². The number of aromatic nitrogens is 2. The number of hydrogen-bond acceptors (Lipinski definition) is 10. The van der Waals surface area contributed by atoms with Crippen molar-refractivity contribution in [1.82, 2.24) is 14.6 Å². The monoisotopic (exact) mass is 631 g/mol. The third kappa shape index (κ3) is 6.69. The molecule has 1 aliphatic heterocycles. The van der Waals surface area contributed by atoms with Crippen LogP contribution in [0.25, 0.3) is 10.8 Å². The number of carbonyl (C=O) groups excluding carboxylic acids is 1. The summed E-state index contributed by atoms with van der Waals surface area (Å²) >= 11 is 0. The number of H-pyrrole nitrogens is 1. The summed E-state index contributed by atoms with van der Waals surface area (Å²) in [4.78, 5) is 37.7. The predicted octanol–water partition coefficient (Wildman–Crippen LogP) is 2.22. The second kappa shape index (κ2) is 12.6. The highest BCUT2D eigenvalue weighted by molar-refractivity contribution is 7.52. The van der Waals surface area contributed by atoms with Gasteiger partial charge in [-0.05, 0) is 32.2 Å². The highest BCUT2D eigenvalue weighted by atomic mass is 31.2. The molecule has 43 heavy (non-hydrogen) atoms. The van der Waals surface area contributed by atoms with Gasteiger partial charge in [0.15, 0.2) is 11.8 Å². The maximum absolute atomic E-state index is 14.6. The number of rotatable bonds is 11. The summed E-state index contributed by atoms with van der Waals surface area (Å²) in [5.74, 6) is -2.41. The number of nitrogens with one attached hydrogen (secondary N) is 2. The average molecular weight is 631 g/mol. The Morgan fingerprint density at radius 2 is 1.84 bits per heavy atom. The highest BCUT2D eigenvalue weighted by Gasteiger charge is 2.61. The number of carbonyl (C=O) groups is 1. The third-order valence-corrected chi connectivity index (χ3v) is 8.12.